The second-order valence-electron chi connectivity index (χ2n) is 3.74. The van der Waals surface area contributed by atoms with Crippen molar-refractivity contribution >= 4 is 5.91 Å². The minimum atomic E-state index is -0.736. The molecule has 1 aromatic carbocycles. The summed E-state index contributed by atoms with van der Waals surface area (Å²) in [6.45, 7) is 2.18. The normalized spacial score (nSPS) is 9.94. The van der Waals surface area contributed by atoms with Crippen LogP contribution in [0.5, 0.6) is 11.5 Å². The van der Waals surface area contributed by atoms with E-state index in [-0.39, 0.29) is 6.54 Å². The van der Waals surface area contributed by atoms with Crippen LogP contribution in [0.25, 0.3) is 0 Å². The number of carbonyl (C=O) groups excluding carboxylic acids is 1. The standard InChI is InChI=1S/C12H16N2O4/c1-8-4-10(17-2)9(11(5-8)18-3)6-13-7-12(15)14-16/h4-5,13H,6-7H2,1-3H3. The Morgan fingerprint density at radius 2 is 1.83 bits per heavy atom. The van der Waals surface area contributed by atoms with Crippen LogP contribution < -0.4 is 14.8 Å². The number of ether oxygens (including phenoxy) is 2. The molecule has 18 heavy (non-hydrogen) atoms. The van der Waals surface area contributed by atoms with Crippen molar-refractivity contribution in [3.8, 4) is 11.5 Å². The molecule has 1 rings (SSSR count). The summed E-state index contributed by atoms with van der Waals surface area (Å²) >= 11 is 0. The molecule has 0 spiro atoms. The predicted octanol–water partition coefficient (Wildman–Crippen LogP) is 1.39. The van der Waals surface area contributed by atoms with Crippen LogP contribution in [0.15, 0.2) is 17.3 Å². The number of amides is 1. The predicted molar refractivity (Wildman–Crippen MR) is 66.8 cm³/mol. The lowest BCUT2D eigenvalue weighted by Gasteiger charge is -2.14. The summed E-state index contributed by atoms with van der Waals surface area (Å²) < 4.78 is 10.5. The third-order valence-electron chi connectivity index (χ3n) is 2.43. The third kappa shape index (κ3) is 3.53. The van der Waals surface area contributed by atoms with E-state index in [0.29, 0.717) is 18.0 Å². The fourth-order valence-corrected chi connectivity index (χ4v) is 1.62. The van der Waals surface area contributed by atoms with Crippen molar-refractivity contribution in [2.45, 2.75) is 13.5 Å². The molecule has 98 valence electrons. The van der Waals surface area contributed by atoms with Crippen molar-refractivity contribution in [1.29, 1.82) is 0 Å². The van der Waals surface area contributed by atoms with Gasteiger partial charge < -0.3 is 14.8 Å². The lowest BCUT2D eigenvalue weighted by molar-refractivity contribution is -0.117. The van der Waals surface area contributed by atoms with Gasteiger partial charge in [-0.1, -0.05) is 0 Å². The van der Waals surface area contributed by atoms with Gasteiger partial charge in [0.15, 0.2) is 0 Å². The molecule has 0 atom stereocenters. The Kier molecular flexibility index (Phi) is 5.26. The molecule has 0 aliphatic heterocycles. The maximum atomic E-state index is 10.8. The molecule has 1 N–H and O–H groups in total. The van der Waals surface area contributed by atoms with E-state index in [4.69, 9.17) is 9.47 Å². The molecule has 1 aromatic rings. The second-order valence-corrected chi connectivity index (χ2v) is 3.74. The van der Waals surface area contributed by atoms with Gasteiger partial charge in [-0.25, -0.2) is 0 Å². The van der Waals surface area contributed by atoms with Crippen LogP contribution in [0.2, 0.25) is 0 Å². The number of methoxy groups -OCH3 is 2. The molecule has 0 aliphatic carbocycles. The maximum Gasteiger partial charge on any atom is 0.299 e. The van der Waals surface area contributed by atoms with Gasteiger partial charge in [0.05, 0.1) is 20.8 Å². The number of nitrogens with one attached hydrogen (secondary N) is 1. The molecule has 6 heteroatoms. The molecule has 0 unspecified atom stereocenters. The minimum absolute atomic E-state index is 0.107. The van der Waals surface area contributed by atoms with Gasteiger partial charge in [-0.05, 0) is 24.6 Å². The van der Waals surface area contributed by atoms with Crippen molar-refractivity contribution in [1.82, 2.24) is 5.32 Å². The molecule has 0 aromatic heterocycles. The van der Waals surface area contributed by atoms with Gasteiger partial charge in [-0.15, -0.1) is 4.91 Å². The summed E-state index contributed by atoms with van der Waals surface area (Å²) in [7, 11) is 3.13. The van der Waals surface area contributed by atoms with Crippen LogP contribution in [0.1, 0.15) is 11.1 Å². The number of aryl methyl sites for hydroxylation is 1. The summed E-state index contributed by atoms with van der Waals surface area (Å²) in [6, 6.07) is 3.75. The Balaban J connectivity index is 2.85. The van der Waals surface area contributed by atoms with Gasteiger partial charge in [0.1, 0.15) is 11.5 Å². The van der Waals surface area contributed by atoms with Gasteiger partial charge in [-0.2, -0.15) is 0 Å². The molecule has 0 radical (unpaired) electrons. The second kappa shape index (κ2) is 6.70. The monoisotopic (exact) mass is 252 g/mol. The first-order valence-electron chi connectivity index (χ1n) is 5.40. The van der Waals surface area contributed by atoms with Crippen molar-refractivity contribution in [3.63, 3.8) is 0 Å². The highest BCUT2D eigenvalue weighted by atomic mass is 16.5. The van der Waals surface area contributed by atoms with E-state index in [0.717, 1.165) is 11.1 Å². The molecular formula is C12H16N2O4. The Morgan fingerprint density at radius 3 is 2.28 bits per heavy atom. The Bertz CT molecular complexity index is 421. The van der Waals surface area contributed by atoms with Crippen LogP contribution in [0.4, 0.5) is 0 Å². The summed E-state index contributed by atoms with van der Waals surface area (Å²) in [5, 5.41) is 5.12. The third-order valence-corrected chi connectivity index (χ3v) is 2.43. The van der Waals surface area contributed by atoms with E-state index in [2.05, 4.69) is 10.5 Å². The molecule has 0 saturated carbocycles. The first-order valence-corrected chi connectivity index (χ1v) is 5.40. The van der Waals surface area contributed by atoms with E-state index in [1.165, 1.54) is 0 Å². The number of rotatable bonds is 6. The zero-order valence-corrected chi connectivity index (χ0v) is 10.6. The number of nitroso groups, excluding NO2 is 1. The van der Waals surface area contributed by atoms with E-state index >= 15 is 0 Å². The van der Waals surface area contributed by atoms with Crippen LogP contribution >= 0.6 is 0 Å². The van der Waals surface area contributed by atoms with Crippen LogP contribution in [-0.4, -0.2) is 26.7 Å². The highest BCUT2D eigenvalue weighted by molar-refractivity contribution is 5.78. The summed E-state index contributed by atoms with van der Waals surface area (Å²) in [5.74, 6) is 0.608. The van der Waals surface area contributed by atoms with Gasteiger partial charge in [0.25, 0.3) is 5.91 Å². The van der Waals surface area contributed by atoms with Crippen LogP contribution in [-0.2, 0) is 11.3 Å². The molecule has 0 fully saturated rings. The number of carbonyl (C=O) groups is 1. The Labute approximate surface area is 105 Å². The molecule has 0 heterocycles. The zero-order valence-electron chi connectivity index (χ0n) is 10.6. The molecule has 6 nitrogen and oxygen atoms in total. The van der Waals surface area contributed by atoms with Crippen molar-refractivity contribution in [3.05, 3.63) is 28.2 Å². The first kappa shape index (κ1) is 14.1. The molecule has 0 aliphatic rings. The maximum absolute atomic E-state index is 10.8. The van der Waals surface area contributed by atoms with Gasteiger partial charge >= 0.3 is 0 Å². The van der Waals surface area contributed by atoms with E-state index in [1.807, 2.05) is 19.1 Å². The highest BCUT2D eigenvalue weighted by Gasteiger charge is 2.11. The quantitative estimate of drug-likeness (QED) is 0.774. The van der Waals surface area contributed by atoms with Crippen molar-refractivity contribution in [2.75, 3.05) is 20.8 Å². The summed E-state index contributed by atoms with van der Waals surface area (Å²) in [4.78, 5) is 20.7. The number of hydrogen-bond donors (Lipinski definition) is 1. The SMILES string of the molecule is COc1cc(C)cc(OC)c1CNCC(=O)N=O. The highest BCUT2D eigenvalue weighted by Crippen LogP contribution is 2.30. The molecule has 0 saturated heterocycles. The Hall–Kier alpha value is -1.95. The lowest BCUT2D eigenvalue weighted by Crippen LogP contribution is -2.21. The van der Waals surface area contributed by atoms with E-state index in [1.54, 1.807) is 14.2 Å². The fraction of sp³-hybridized carbons (Fsp3) is 0.417. The Morgan fingerprint density at radius 1 is 1.28 bits per heavy atom. The minimum Gasteiger partial charge on any atom is -0.496 e. The number of benzene rings is 1. The largest absolute Gasteiger partial charge is 0.496 e. The molecule has 1 amide bonds. The fourth-order valence-electron chi connectivity index (χ4n) is 1.62. The van der Waals surface area contributed by atoms with Crippen molar-refractivity contribution < 1.29 is 14.3 Å². The smallest absolute Gasteiger partial charge is 0.299 e. The molecular weight excluding hydrogens is 236 g/mol. The van der Waals surface area contributed by atoms with Crippen LogP contribution in [0.3, 0.4) is 0 Å². The lowest BCUT2D eigenvalue weighted by atomic mass is 10.1. The van der Waals surface area contributed by atoms with Crippen LogP contribution in [0, 0.1) is 11.8 Å². The van der Waals surface area contributed by atoms with Gasteiger partial charge in [0, 0.05) is 17.3 Å². The number of nitrogens with zero attached hydrogens (tertiary/aromatic N) is 1. The zero-order chi connectivity index (χ0) is 13.5. The summed E-state index contributed by atoms with van der Waals surface area (Å²) in [5.41, 5.74) is 1.81. The molecule has 0 bridgehead atoms. The van der Waals surface area contributed by atoms with Crippen molar-refractivity contribution in [2.24, 2.45) is 5.18 Å². The van der Waals surface area contributed by atoms with Gasteiger partial charge in [0.2, 0.25) is 0 Å². The van der Waals surface area contributed by atoms with Gasteiger partial charge in [-0.3, -0.25) is 4.79 Å². The average Bonchev–Trinajstić information content (AvgIpc) is 2.39. The van der Waals surface area contributed by atoms with E-state index in [9.17, 15) is 9.70 Å². The first-order chi connectivity index (χ1) is 8.62. The average molecular weight is 252 g/mol. The number of hydrogen-bond acceptors (Lipinski definition) is 5. The summed E-state index contributed by atoms with van der Waals surface area (Å²) in [6.07, 6.45) is 0. The topological polar surface area (TPSA) is 77.0 Å². The van der Waals surface area contributed by atoms with E-state index < -0.39 is 5.91 Å².